The van der Waals surface area contributed by atoms with Crippen molar-refractivity contribution in [2.75, 3.05) is 62.1 Å². The Morgan fingerprint density at radius 2 is 0.920 bits per heavy atom. The van der Waals surface area contributed by atoms with E-state index in [-0.39, 0.29) is 59.4 Å². The van der Waals surface area contributed by atoms with Crippen LogP contribution >= 0.6 is 0 Å². The fourth-order valence-corrected chi connectivity index (χ4v) is 23.8. The Hall–Kier alpha value is -9.83. The fourth-order valence-electron chi connectivity index (χ4n) is 22.1. The molecule has 112 heavy (non-hydrogen) atoms. The summed E-state index contributed by atoms with van der Waals surface area (Å²) < 4.78 is 87.5. The first-order valence-electron chi connectivity index (χ1n) is 38.7. The summed E-state index contributed by atoms with van der Waals surface area (Å²) in [5.41, 5.74) is 2.14. The largest absolute Gasteiger partial charge is 0.493 e. The topological polar surface area (TPSA) is 295 Å². The molecule has 4 aromatic carbocycles. The monoisotopic (exact) mass is 1550 g/mol. The third-order valence-electron chi connectivity index (χ3n) is 27.1. The number of likely N-dealkylation sites (N-methyl/N-ethyl adjacent to an activating group) is 3. The summed E-state index contributed by atoms with van der Waals surface area (Å²) in [6.45, 7) is 7.00. The Bertz CT molecular complexity index is 5040. The first-order valence-corrected chi connectivity index (χ1v) is 40.1. The smallest absolute Gasteiger partial charge is 0.410 e. The first-order chi connectivity index (χ1) is 53.7. The maximum atomic E-state index is 13.9. The average molecular weight is 1550 g/mol. The average Bonchev–Trinajstić information content (AvgIpc) is 1.46. The highest BCUT2D eigenvalue weighted by molar-refractivity contribution is 7.89. The van der Waals surface area contributed by atoms with Gasteiger partial charge in [0.25, 0.3) is 0 Å². The molecule has 7 aromatic rings. The van der Waals surface area contributed by atoms with Gasteiger partial charge in [-0.2, -0.15) is 4.31 Å². The van der Waals surface area contributed by atoms with Crippen LogP contribution in [-0.4, -0.2) is 211 Å². The number of aliphatic hydroxyl groups is 3. The van der Waals surface area contributed by atoms with Gasteiger partial charge in [-0.15, -0.1) is 0 Å². The molecular weight excluding hydrogens is 1450 g/mol. The number of hydrogen-bond acceptors (Lipinski definition) is 20. The van der Waals surface area contributed by atoms with Gasteiger partial charge < -0.3 is 86.6 Å². The van der Waals surface area contributed by atoms with Crippen molar-refractivity contribution in [3.63, 3.8) is 0 Å². The summed E-state index contributed by atoms with van der Waals surface area (Å²) in [6.07, 6.45) is 23.7. The number of benzene rings is 4. The normalized spacial score (nSPS) is 31.4. The Morgan fingerprint density at radius 1 is 0.518 bits per heavy atom. The van der Waals surface area contributed by atoms with Crippen LogP contribution in [0, 0.1) is 0 Å². The third kappa shape index (κ3) is 11.1. The molecule has 3 saturated heterocycles. The van der Waals surface area contributed by atoms with Crippen LogP contribution < -0.4 is 33.7 Å². The van der Waals surface area contributed by atoms with E-state index in [2.05, 4.69) is 11.4 Å². The van der Waals surface area contributed by atoms with Gasteiger partial charge in [-0.1, -0.05) is 36.4 Å². The van der Waals surface area contributed by atoms with Gasteiger partial charge in [-0.25, -0.2) is 13.2 Å². The van der Waals surface area contributed by atoms with Crippen molar-refractivity contribution in [2.24, 2.45) is 0 Å². The molecule has 3 aromatic heterocycles. The molecule has 0 unspecified atom stereocenters. The number of likely N-dealkylation sites (tertiary alicyclic amines) is 1. The second-order valence-corrected chi connectivity index (χ2v) is 34.9. The number of amides is 4. The van der Waals surface area contributed by atoms with Crippen molar-refractivity contribution < 1.29 is 89.3 Å². The number of ether oxygens (including phenoxy) is 7. The lowest BCUT2D eigenvalue weighted by Gasteiger charge is -2.64. The quantitative estimate of drug-likeness (QED) is 0.0737. The summed E-state index contributed by atoms with van der Waals surface area (Å²) in [5, 5.41) is 41.1. The standard InChI is InChI=1S/C31H32N2O7S.C30H36N2O7.C25H28N2O5/c1-32(26(34)11-8-20-13-17-39-19-20)23-12-14-31(35)25-18-21-9-10-24(38-2)28-27(21)30(31,29(23)40-28)15-16-33(25)41(36,37)22-6-4-3-5-7-22;1-28(2,3)39-27(34)32-14-13-29-24-19-7-8-21(36-5)25(24)38-26(29)20(10-12-30(29,35)22(32)16-19)31(4)23(33)9-6-18-11-15-37-17-18;1-27(20(28)6-3-15-8-12-31-14-15)17-7-9-25(29)19-13-16-4-5-18(30-2)22-21(16)24(25,10-11-26-19)23(17)32-22/h3-11,13,17,19,23,25,29,35H,12,14-16,18H2,1-2H3;6-9,11,15,17,20,22,26,35H,10,12-14,16H2,1-5H3;3-6,8,12,14,17,19,23,26,29H,7,9-11,13H2,1-2H3/b11-8+;9-6+;6-3+/t23-,25-,29+,30+,31-;20-,22-,26+,29+,30-;17-,19-,23+,24+,25-/m111/s1. The molecule has 6 aliphatic heterocycles. The van der Waals surface area contributed by atoms with Gasteiger partial charge in [0.15, 0.2) is 34.5 Å². The predicted octanol–water partition coefficient (Wildman–Crippen LogP) is 9.56. The number of methoxy groups -OCH3 is 3. The lowest BCUT2D eigenvalue weighted by molar-refractivity contribution is -0.195. The van der Waals surface area contributed by atoms with Crippen LogP contribution in [0.4, 0.5) is 4.79 Å². The molecule has 12 aliphatic rings. The maximum Gasteiger partial charge on any atom is 0.410 e. The van der Waals surface area contributed by atoms with Crippen molar-refractivity contribution in [3.05, 3.63) is 191 Å². The molecule has 9 heterocycles. The summed E-state index contributed by atoms with van der Waals surface area (Å²) in [6, 6.07) is 23.6. The molecule has 6 bridgehead atoms. The van der Waals surface area contributed by atoms with Crippen LogP contribution in [0.3, 0.4) is 0 Å². The van der Waals surface area contributed by atoms with Crippen molar-refractivity contribution >= 4 is 52.1 Å². The minimum absolute atomic E-state index is 0.0165. The molecule has 19 rings (SSSR count). The second-order valence-electron chi connectivity index (χ2n) is 33.0. The van der Waals surface area contributed by atoms with Crippen LogP contribution in [-0.2, 0) is 64.7 Å². The highest BCUT2D eigenvalue weighted by atomic mass is 32.2. The van der Waals surface area contributed by atoms with Gasteiger partial charge in [0, 0.05) is 91.9 Å². The zero-order valence-corrected chi connectivity index (χ0v) is 65.1. The van der Waals surface area contributed by atoms with Crippen LogP contribution in [0.15, 0.2) is 159 Å². The van der Waals surface area contributed by atoms with Crippen molar-refractivity contribution in [1.29, 1.82) is 0 Å². The van der Waals surface area contributed by atoms with Crippen molar-refractivity contribution in [3.8, 4) is 34.5 Å². The number of carbonyl (C=O) groups excluding carboxylic acids is 4. The zero-order valence-electron chi connectivity index (χ0n) is 64.3. The predicted molar refractivity (Wildman–Crippen MR) is 410 cm³/mol. The van der Waals surface area contributed by atoms with E-state index >= 15 is 0 Å². The third-order valence-corrected chi connectivity index (χ3v) is 29.0. The minimum atomic E-state index is -3.87. The lowest BCUT2D eigenvalue weighted by Crippen LogP contribution is -2.78. The van der Waals surface area contributed by atoms with Crippen LogP contribution in [0.2, 0.25) is 0 Å². The molecule has 26 heteroatoms. The SMILES string of the molecule is COc1ccc2c3c1O[C@H]1[C@H](N(C)C(=O)/C=C/c4ccoc4)CC[C@@]4(O)[C@@H](C2)N(C(=O)OC(C)(C)C)CC[C@]314.COc1ccc2c3c1O[C@H]1[C@H](N(C)C(=O)/C=C/c4ccoc4)CC[C@@]4(O)[C@@H](C2)N(S(=O)(=O)c2ccccc2)CC[C@]314.COc1ccc2c3c1O[C@H]1[C@H](N(C)C(=O)/C=C/c4ccoc4)CC[C@@]4(O)[C@@H](C2)NCC[C@]314. The highest BCUT2D eigenvalue weighted by Crippen LogP contribution is 2.69. The van der Waals surface area contributed by atoms with Crippen molar-refractivity contribution in [2.45, 2.75) is 196 Å². The molecule has 25 nitrogen and oxygen atoms in total. The first kappa shape index (κ1) is 74.9. The molecular formula is C86H96N6O19S. The van der Waals surface area contributed by atoms with Gasteiger partial charge in [0.05, 0.1) is 127 Å². The Kier molecular flexibility index (Phi) is 18.4. The van der Waals surface area contributed by atoms with E-state index in [0.717, 1.165) is 69.6 Å². The summed E-state index contributed by atoms with van der Waals surface area (Å²) >= 11 is 0. The van der Waals surface area contributed by atoms with Gasteiger partial charge in [0.2, 0.25) is 27.7 Å². The molecule has 4 N–H and O–H groups in total. The van der Waals surface area contributed by atoms with Crippen molar-refractivity contribution in [1.82, 2.24) is 29.2 Å². The lowest BCUT2D eigenvalue weighted by atomic mass is 9.48. The molecule has 0 radical (unpaired) electrons. The Balaban J connectivity index is 0.000000123. The summed E-state index contributed by atoms with van der Waals surface area (Å²) in [7, 11) is 6.35. The molecule has 6 aliphatic carbocycles. The Morgan fingerprint density at radius 3 is 1.34 bits per heavy atom. The fraction of sp³-hybridized carbons (Fsp3) is 0.465. The van der Waals surface area contributed by atoms with E-state index in [1.165, 1.54) is 22.0 Å². The van der Waals surface area contributed by atoms with Gasteiger partial charge in [-0.3, -0.25) is 14.4 Å². The minimum Gasteiger partial charge on any atom is -0.493 e. The molecule has 6 fully saturated rings. The molecule has 590 valence electrons. The van der Waals surface area contributed by atoms with E-state index in [0.29, 0.717) is 99.5 Å². The van der Waals surface area contributed by atoms with E-state index in [4.69, 9.17) is 46.4 Å². The number of nitrogens with one attached hydrogen (secondary N) is 1. The molecule has 15 atom stereocenters. The number of carbonyl (C=O) groups is 4. The summed E-state index contributed by atoms with van der Waals surface area (Å²) in [5.74, 6) is 3.41. The molecule has 3 spiro atoms. The number of hydrogen-bond donors (Lipinski definition) is 4. The van der Waals surface area contributed by atoms with E-state index < -0.39 is 79.1 Å². The highest BCUT2D eigenvalue weighted by Gasteiger charge is 2.77. The molecule has 3 saturated carbocycles. The second kappa shape index (κ2) is 27.5. The van der Waals surface area contributed by atoms with Gasteiger partial charge >= 0.3 is 6.09 Å². The number of rotatable bonds is 14. The molecule has 4 amide bonds. The zero-order chi connectivity index (χ0) is 78.4. The number of nitrogens with zero attached hydrogens (tertiary/aromatic N) is 5. The maximum absolute atomic E-state index is 13.9. The number of sulfonamides is 1. The van der Waals surface area contributed by atoms with E-state index in [1.54, 1.807) is 159 Å². The van der Waals surface area contributed by atoms with Crippen LogP contribution in [0.5, 0.6) is 34.5 Å². The number of furan rings is 3. The number of piperidine rings is 3. The van der Waals surface area contributed by atoms with Gasteiger partial charge in [0.1, 0.15) is 23.9 Å². The van der Waals surface area contributed by atoms with E-state index in [9.17, 15) is 42.9 Å². The van der Waals surface area contributed by atoms with Gasteiger partial charge in [-0.05, 0) is 188 Å². The van der Waals surface area contributed by atoms with Crippen LogP contribution in [0.25, 0.3) is 18.2 Å². The van der Waals surface area contributed by atoms with E-state index in [1.807, 2.05) is 64.2 Å². The Labute approximate surface area is 650 Å². The summed E-state index contributed by atoms with van der Waals surface area (Å²) in [4.78, 5) is 60.2. The van der Waals surface area contributed by atoms with Crippen LogP contribution in [0.1, 0.15) is 129 Å².